The van der Waals surface area contributed by atoms with Gasteiger partial charge >= 0.3 is 6.18 Å². The maximum absolute atomic E-state index is 13.8. The van der Waals surface area contributed by atoms with Crippen LogP contribution in [0.5, 0.6) is 0 Å². The minimum absolute atomic E-state index is 0.00504. The van der Waals surface area contributed by atoms with Crippen LogP contribution in [0.25, 0.3) is 16.6 Å². The van der Waals surface area contributed by atoms with Crippen LogP contribution in [0.1, 0.15) is 38.4 Å². The molecule has 5 rings (SSSR count). The number of benzene rings is 2. The van der Waals surface area contributed by atoms with E-state index in [4.69, 9.17) is 0 Å². The third kappa shape index (κ3) is 6.26. The van der Waals surface area contributed by atoms with Gasteiger partial charge in [-0.15, -0.1) is 0 Å². The molecule has 5 aromatic rings. The fourth-order valence-corrected chi connectivity index (χ4v) is 4.28. The summed E-state index contributed by atoms with van der Waals surface area (Å²) in [7, 11) is 3.68. The van der Waals surface area contributed by atoms with Gasteiger partial charge in [0.05, 0.1) is 23.2 Å². The number of carbonyl (C=O) groups excluding carboxylic acids is 1. The van der Waals surface area contributed by atoms with Gasteiger partial charge < -0.3 is 14.8 Å². The summed E-state index contributed by atoms with van der Waals surface area (Å²) >= 11 is 0. The van der Waals surface area contributed by atoms with E-state index in [1.54, 1.807) is 47.6 Å². The first-order chi connectivity index (χ1) is 19.6. The minimum Gasteiger partial charge on any atom is -0.322 e. The van der Waals surface area contributed by atoms with Crippen LogP contribution in [0.3, 0.4) is 0 Å². The molecule has 206 valence electrons. The summed E-state index contributed by atoms with van der Waals surface area (Å²) in [6.45, 7) is 2.28. The molecule has 1 amide bonds. The summed E-state index contributed by atoms with van der Waals surface area (Å²) in [5.41, 5.74) is 2.40. The molecule has 0 saturated carbocycles. The molecule has 0 aliphatic carbocycles. The smallest absolute Gasteiger partial charge is 0.322 e. The van der Waals surface area contributed by atoms with Crippen molar-refractivity contribution in [2.24, 2.45) is 0 Å². The summed E-state index contributed by atoms with van der Waals surface area (Å²) in [6, 6.07) is 12.1. The van der Waals surface area contributed by atoms with E-state index in [0.29, 0.717) is 29.0 Å². The number of alkyl halides is 3. The molecule has 41 heavy (non-hydrogen) atoms. The summed E-state index contributed by atoms with van der Waals surface area (Å²) in [4.78, 5) is 27.9. The third-order valence-corrected chi connectivity index (χ3v) is 6.30. The molecule has 3 heterocycles. The first-order valence-corrected chi connectivity index (χ1v) is 12.6. The molecule has 10 heteroatoms. The number of aryl methyl sites for hydroxylation is 1. The number of halogens is 3. The Bertz CT molecular complexity index is 1810. The molecule has 0 aliphatic rings. The van der Waals surface area contributed by atoms with E-state index in [1.807, 2.05) is 38.1 Å². The molecule has 0 atom stereocenters. The number of hydrogen-bond acceptors (Lipinski definition) is 5. The summed E-state index contributed by atoms with van der Waals surface area (Å²) < 4.78 is 43.0. The molecule has 2 aromatic carbocycles. The molecule has 1 N–H and O–H groups in total. The van der Waals surface area contributed by atoms with E-state index < -0.39 is 17.6 Å². The standard InChI is InChI=1S/C31H25F3N6O/c1-20-6-7-22(13-21(20)8-9-24-18-35-17-23-5-4-10-37-29(23)24)30(41)38-26-14-25(31(32,33)34)15-27(16-26)40-12-11-36-28(40)19-39(2)3/h4-7,10-18H,19H2,1-3H3,(H,38,41). The average molecular weight is 555 g/mol. The van der Waals surface area contributed by atoms with Gasteiger partial charge in [0.15, 0.2) is 0 Å². The molecular formula is C31H25F3N6O. The van der Waals surface area contributed by atoms with Gasteiger partial charge in [-0.3, -0.25) is 14.8 Å². The maximum atomic E-state index is 13.8. The zero-order valence-corrected chi connectivity index (χ0v) is 22.5. The summed E-state index contributed by atoms with van der Waals surface area (Å²) in [5, 5.41) is 3.48. The molecule has 7 nitrogen and oxygen atoms in total. The van der Waals surface area contributed by atoms with E-state index in [9.17, 15) is 18.0 Å². The van der Waals surface area contributed by atoms with E-state index >= 15 is 0 Å². The number of rotatable bonds is 5. The van der Waals surface area contributed by atoms with E-state index in [0.717, 1.165) is 23.1 Å². The minimum atomic E-state index is -4.62. The first kappa shape index (κ1) is 27.6. The monoisotopic (exact) mass is 554 g/mol. The Balaban J connectivity index is 1.46. The van der Waals surface area contributed by atoms with E-state index in [-0.39, 0.29) is 16.9 Å². The number of hydrogen-bond donors (Lipinski definition) is 1. The Morgan fingerprint density at radius 3 is 2.59 bits per heavy atom. The highest BCUT2D eigenvalue weighted by molar-refractivity contribution is 6.04. The summed E-state index contributed by atoms with van der Waals surface area (Å²) in [5.74, 6) is 6.16. The second-order valence-corrected chi connectivity index (χ2v) is 9.71. The van der Waals surface area contributed by atoms with Crippen molar-refractivity contribution in [3.8, 4) is 17.5 Å². The highest BCUT2D eigenvalue weighted by Crippen LogP contribution is 2.33. The normalized spacial score (nSPS) is 11.4. The molecular weight excluding hydrogens is 529 g/mol. The SMILES string of the molecule is Cc1ccc(C(=O)Nc2cc(-n3ccnc3CN(C)C)cc(C(F)(F)F)c2)cc1C#Cc1cncc2cccnc12. The number of nitrogens with zero attached hydrogens (tertiary/aromatic N) is 5. The molecule has 0 bridgehead atoms. The van der Waals surface area contributed by atoms with Crippen molar-refractivity contribution in [2.45, 2.75) is 19.6 Å². The van der Waals surface area contributed by atoms with Gasteiger partial charge in [0.2, 0.25) is 0 Å². The predicted molar refractivity (Wildman–Crippen MR) is 151 cm³/mol. The van der Waals surface area contributed by atoms with Crippen molar-refractivity contribution in [2.75, 3.05) is 19.4 Å². The van der Waals surface area contributed by atoms with Crippen LogP contribution in [-0.4, -0.2) is 44.4 Å². The predicted octanol–water partition coefficient (Wildman–Crippen LogP) is 5.86. The molecule has 0 fully saturated rings. The Morgan fingerprint density at radius 2 is 1.80 bits per heavy atom. The second-order valence-electron chi connectivity index (χ2n) is 9.71. The van der Waals surface area contributed by atoms with Gasteiger partial charge in [-0.2, -0.15) is 13.2 Å². The van der Waals surface area contributed by atoms with Gasteiger partial charge in [-0.05, 0) is 69.0 Å². The Kier molecular flexibility index (Phi) is 7.55. The molecule has 0 unspecified atom stereocenters. The number of imidazole rings is 1. The number of amides is 1. The Hall–Kier alpha value is -5.01. The zero-order chi connectivity index (χ0) is 29.1. The van der Waals surface area contributed by atoms with Gasteiger partial charge in [-0.1, -0.05) is 17.9 Å². The van der Waals surface area contributed by atoms with Crippen molar-refractivity contribution < 1.29 is 18.0 Å². The number of fused-ring (bicyclic) bond motifs is 1. The molecule has 0 radical (unpaired) electrons. The Morgan fingerprint density at radius 1 is 1.00 bits per heavy atom. The summed E-state index contributed by atoms with van der Waals surface area (Å²) in [6.07, 6.45) is 3.51. The fraction of sp³-hybridized carbons (Fsp3) is 0.161. The Labute approximate surface area is 234 Å². The highest BCUT2D eigenvalue weighted by atomic mass is 19.4. The van der Waals surface area contributed by atoms with Crippen LogP contribution in [0.15, 0.2) is 79.5 Å². The second kappa shape index (κ2) is 11.2. The first-order valence-electron chi connectivity index (χ1n) is 12.6. The molecule has 3 aromatic heterocycles. The van der Waals surface area contributed by atoms with Crippen molar-refractivity contribution in [3.63, 3.8) is 0 Å². The molecule has 0 spiro atoms. The largest absolute Gasteiger partial charge is 0.416 e. The third-order valence-electron chi connectivity index (χ3n) is 6.30. The molecule has 0 saturated heterocycles. The van der Waals surface area contributed by atoms with Gasteiger partial charge in [0.1, 0.15) is 5.82 Å². The lowest BCUT2D eigenvalue weighted by atomic mass is 10.0. The van der Waals surface area contributed by atoms with Crippen molar-refractivity contribution in [1.29, 1.82) is 0 Å². The lowest BCUT2D eigenvalue weighted by Gasteiger charge is -2.16. The number of nitrogens with one attached hydrogen (secondary N) is 1. The van der Waals surface area contributed by atoms with Gasteiger partial charge in [0, 0.05) is 58.9 Å². The fourth-order valence-electron chi connectivity index (χ4n) is 4.28. The van der Waals surface area contributed by atoms with Crippen molar-refractivity contribution in [3.05, 3.63) is 113 Å². The van der Waals surface area contributed by atoms with Crippen molar-refractivity contribution in [1.82, 2.24) is 24.4 Å². The molecule has 0 aliphatic heterocycles. The van der Waals surface area contributed by atoms with Crippen LogP contribution in [0.2, 0.25) is 0 Å². The van der Waals surface area contributed by atoms with Crippen LogP contribution in [0, 0.1) is 18.8 Å². The zero-order valence-electron chi connectivity index (χ0n) is 22.5. The van der Waals surface area contributed by atoms with E-state index in [1.165, 1.54) is 12.3 Å². The van der Waals surface area contributed by atoms with Gasteiger partial charge in [-0.25, -0.2) is 4.98 Å². The number of pyridine rings is 2. The quantitative estimate of drug-likeness (QED) is 0.276. The topological polar surface area (TPSA) is 75.9 Å². The highest BCUT2D eigenvalue weighted by Gasteiger charge is 2.32. The van der Waals surface area contributed by atoms with Crippen LogP contribution < -0.4 is 5.32 Å². The number of aromatic nitrogens is 4. The number of carbonyl (C=O) groups is 1. The number of anilines is 1. The lowest BCUT2D eigenvalue weighted by molar-refractivity contribution is -0.137. The average Bonchev–Trinajstić information content (AvgIpc) is 3.39. The van der Waals surface area contributed by atoms with Crippen LogP contribution in [0.4, 0.5) is 18.9 Å². The van der Waals surface area contributed by atoms with Gasteiger partial charge in [0.25, 0.3) is 5.91 Å². The van der Waals surface area contributed by atoms with Crippen molar-refractivity contribution >= 4 is 22.5 Å². The maximum Gasteiger partial charge on any atom is 0.416 e. The van der Waals surface area contributed by atoms with Crippen LogP contribution in [-0.2, 0) is 12.7 Å². The van der Waals surface area contributed by atoms with E-state index in [2.05, 4.69) is 32.1 Å². The lowest BCUT2D eigenvalue weighted by Crippen LogP contribution is -2.16. The van der Waals surface area contributed by atoms with Crippen LogP contribution >= 0.6 is 0 Å².